The Bertz CT molecular complexity index is 689. The predicted octanol–water partition coefficient (Wildman–Crippen LogP) is 3.11. The van der Waals surface area contributed by atoms with Crippen molar-refractivity contribution in [3.8, 4) is 0 Å². The number of carbonyl (C=O) groups excluding carboxylic acids is 1. The molecule has 4 heteroatoms. The van der Waals surface area contributed by atoms with Gasteiger partial charge in [-0.15, -0.1) is 0 Å². The molecule has 2 aromatic rings. The highest BCUT2D eigenvalue weighted by atomic mass is 79.9. The molecule has 0 aliphatic rings. The Kier molecular flexibility index (Phi) is 4.00. The number of hydrogen-bond donors (Lipinski definition) is 0. The molecule has 0 N–H and O–H groups in total. The SMILES string of the molecule is Cc1ccccc1C(=O)Cn1cc(Br)cc(C)c1=O. The summed E-state index contributed by atoms with van der Waals surface area (Å²) in [5.41, 5.74) is 2.07. The largest absolute Gasteiger partial charge is 0.306 e. The number of benzene rings is 1. The number of ketones is 1. The van der Waals surface area contributed by atoms with Gasteiger partial charge in [-0.3, -0.25) is 9.59 Å². The van der Waals surface area contributed by atoms with E-state index < -0.39 is 0 Å². The van der Waals surface area contributed by atoms with Gasteiger partial charge in [0, 0.05) is 21.8 Å². The fourth-order valence-electron chi connectivity index (χ4n) is 1.98. The molecule has 0 aliphatic heterocycles. The molecule has 0 bridgehead atoms. The van der Waals surface area contributed by atoms with Gasteiger partial charge < -0.3 is 4.57 Å². The number of aryl methyl sites for hydroxylation is 2. The van der Waals surface area contributed by atoms with Gasteiger partial charge in [-0.05, 0) is 41.4 Å². The van der Waals surface area contributed by atoms with E-state index in [1.807, 2.05) is 25.1 Å². The summed E-state index contributed by atoms with van der Waals surface area (Å²) in [5.74, 6) is -0.0577. The van der Waals surface area contributed by atoms with Crippen molar-refractivity contribution in [3.05, 3.63) is 68.0 Å². The van der Waals surface area contributed by atoms with E-state index in [0.29, 0.717) is 11.1 Å². The predicted molar refractivity (Wildman–Crippen MR) is 78.6 cm³/mol. The van der Waals surface area contributed by atoms with Gasteiger partial charge in [0.1, 0.15) is 0 Å². The van der Waals surface area contributed by atoms with E-state index in [0.717, 1.165) is 10.0 Å². The molecule has 0 fully saturated rings. The van der Waals surface area contributed by atoms with Crippen LogP contribution in [0.5, 0.6) is 0 Å². The van der Waals surface area contributed by atoms with Crippen LogP contribution in [0.15, 0.2) is 45.8 Å². The van der Waals surface area contributed by atoms with Crippen molar-refractivity contribution in [3.63, 3.8) is 0 Å². The van der Waals surface area contributed by atoms with Gasteiger partial charge in [0.05, 0.1) is 6.54 Å². The van der Waals surface area contributed by atoms with Gasteiger partial charge >= 0.3 is 0 Å². The van der Waals surface area contributed by atoms with Crippen LogP contribution in [0.3, 0.4) is 0 Å². The fraction of sp³-hybridized carbons (Fsp3) is 0.200. The van der Waals surface area contributed by atoms with Crippen molar-refractivity contribution in [2.24, 2.45) is 0 Å². The molecule has 0 atom stereocenters. The molecular formula is C15H14BrNO2. The summed E-state index contributed by atoms with van der Waals surface area (Å²) >= 11 is 3.34. The van der Waals surface area contributed by atoms with E-state index in [1.54, 1.807) is 25.3 Å². The Labute approximate surface area is 120 Å². The highest BCUT2D eigenvalue weighted by Gasteiger charge is 2.11. The van der Waals surface area contributed by atoms with E-state index in [1.165, 1.54) is 4.57 Å². The zero-order valence-corrected chi connectivity index (χ0v) is 12.4. The number of Topliss-reactive ketones (excluding diaryl/α,β-unsaturated/α-hetero) is 1. The summed E-state index contributed by atoms with van der Waals surface area (Å²) in [6.45, 7) is 3.69. The van der Waals surface area contributed by atoms with Crippen molar-refractivity contribution in [2.45, 2.75) is 20.4 Å². The average molecular weight is 320 g/mol. The second-order valence-electron chi connectivity index (χ2n) is 4.51. The number of halogens is 1. The van der Waals surface area contributed by atoms with Crippen molar-refractivity contribution in [2.75, 3.05) is 0 Å². The monoisotopic (exact) mass is 319 g/mol. The van der Waals surface area contributed by atoms with Gasteiger partial charge in [0.25, 0.3) is 5.56 Å². The summed E-state index contributed by atoms with van der Waals surface area (Å²) in [6, 6.07) is 9.14. The number of hydrogen-bond acceptors (Lipinski definition) is 2. The average Bonchev–Trinajstić information content (AvgIpc) is 2.35. The van der Waals surface area contributed by atoms with Gasteiger partial charge in [-0.2, -0.15) is 0 Å². The van der Waals surface area contributed by atoms with Crippen LogP contribution in [0.1, 0.15) is 21.5 Å². The lowest BCUT2D eigenvalue weighted by atomic mass is 10.0. The minimum absolute atomic E-state index is 0.0577. The first-order chi connectivity index (χ1) is 8.99. The topological polar surface area (TPSA) is 39.1 Å². The smallest absolute Gasteiger partial charge is 0.253 e. The Morgan fingerprint density at radius 3 is 2.58 bits per heavy atom. The van der Waals surface area contributed by atoms with Crippen LogP contribution >= 0.6 is 15.9 Å². The molecule has 0 saturated carbocycles. The minimum Gasteiger partial charge on any atom is -0.306 e. The first kappa shape index (κ1) is 13.7. The van der Waals surface area contributed by atoms with E-state index in [-0.39, 0.29) is 17.9 Å². The van der Waals surface area contributed by atoms with Crippen LogP contribution in [0.25, 0.3) is 0 Å². The summed E-state index contributed by atoms with van der Waals surface area (Å²) in [7, 11) is 0. The fourth-order valence-corrected chi connectivity index (χ4v) is 2.57. The van der Waals surface area contributed by atoms with E-state index in [2.05, 4.69) is 15.9 Å². The van der Waals surface area contributed by atoms with Gasteiger partial charge in [-0.25, -0.2) is 0 Å². The first-order valence-electron chi connectivity index (χ1n) is 5.94. The van der Waals surface area contributed by atoms with Crippen molar-refractivity contribution < 1.29 is 4.79 Å². The third kappa shape index (κ3) is 3.01. The molecule has 1 aromatic carbocycles. The van der Waals surface area contributed by atoms with Crippen LogP contribution in [0.4, 0.5) is 0 Å². The van der Waals surface area contributed by atoms with Crippen LogP contribution < -0.4 is 5.56 Å². The van der Waals surface area contributed by atoms with Crippen LogP contribution in [0.2, 0.25) is 0 Å². The van der Waals surface area contributed by atoms with E-state index in [4.69, 9.17) is 0 Å². The highest BCUT2D eigenvalue weighted by Crippen LogP contribution is 2.11. The molecule has 0 unspecified atom stereocenters. The Balaban J connectivity index is 2.35. The Hall–Kier alpha value is -1.68. The summed E-state index contributed by atoms with van der Waals surface area (Å²) < 4.78 is 2.23. The molecule has 1 heterocycles. The van der Waals surface area contributed by atoms with Crippen molar-refractivity contribution in [1.82, 2.24) is 4.57 Å². The summed E-state index contributed by atoms with van der Waals surface area (Å²) in [6.07, 6.45) is 1.64. The number of nitrogens with zero attached hydrogens (tertiary/aromatic N) is 1. The molecule has 19 heavy (non-hydrogen) atoms. The Morgan fingerprint density at radius 2 is 1.89 bits per heavy atom. The molecule has 0 spiro atoms. The Morgan fingerprint density at radius 1 is 1.21 bits per heavy atom. The third-order valence-corrected chi connectivity index (χ3v) is 3.42. The van der Waals surface area contributed by atoms with Gasteiger partial charge in [0.15, 0.2) is 5.78 Å². The van der Waals surface area contributed by atoms with Gasteiger partial charge in [0.2, 0.25) is 0 Å². The second-order valence-corrected chi connectivity index (χ2v) is 5.43. The summed E-state index contributed by atoms with van der Waals surface area (Å²) in [5, 5.41) is 0. The maximum Gasteiger partial charge on any atom is 0.253 e. The lowest BCUT2D eigenvalue weighted by Gasteiger charge is -2.08. The van der Waals surface area contributed by atoms with Crippen LogP contribution in [0, 0.1) is 13.8 Å². The van der Waals surface area contributed by atoms with Crippen molar-refractivity contribution >= 4 is 21.7 Å². The molecule has 0 aliphatic carbocycles. The molecule has 3 nitrogen and oxygen atoms in total. The number of rotatable bonds is 3. The minimum atomic E-state index is -0.134. The third-order valence-electron chi connectivity index (χ3n) is 2.99. The molecule has 0 saturated heterocycles. The van der Waals surface area contributed by atoms with Crippen LogP contribution in [-0.2, 0) is 6.54 Å². The number of aromatic nitrogens is 1. The highest BCUT2D eigenvalue weighted by molar-refractivity contribution is 9.10. The lowest BCUT2D eigenvalue weighted by molar-refractivity contribution is 0.0970. The summed E-state index contributed by atoms with van der Waals surface area (Å²) in [4.78, 5) is 24.2. The molecule has 0 amide bonds. The van der Waals surface area contributed by atoms with Crippen LogP contribution in [-0.4, -0.2) is 10.4 Å². The zero-order valence-electron chi connectivity index (χ0n) is 10.8. The zero-order chi connectivity index (χ0) is 14.0. The normalized spacial score (nSPS) is 10.5. The van der Waals surface area contributed by atoms with Crippen molar-refractivity contribution in [1.29, 1.82) is 0 Å². The lowest BCUT2D eigenvalue weighted by Crippen LogP contribution is -2.25. The standard InChI is InChI=1S/C15H14BrNO2/c1-10-5-3-4-6-13(10)14(18)9-17-8-12(16)7-11(2)15(17)19/h3-8H,9H2,1-2H3. The first-order valence-corrected chi connectivity index (χ1v) is 6.74. The second kappa shape index (κ2) is 5.53. The van der Waals surface area contributed by atoms with Gasteiger partial charge in [-0.1, -0.05) is 24.3 Å². The number of carbonyl (C=O) groups is 1. The van der Waals surface area contributed by atoms with E-state index in [9.17, 15) is 9.59 Å². The molecule has 2 rings (SSSR count). The number of pyridine rings is 1. The molecule has 1 aromatic heterocycles. The quantitative estimate of drug-likeness (QED) is 0.815. The maximum absolute atomic E-state index is 12.2. The van der Waals surface area contributed by atoms with E-state index >= 15 is 0 Å². The maximum atomic E-state index is 12.2. The molecular weight excluding hydrogens is 306 g/mol. The molecule has 0 radical (unpaired) electrons. The molecule has 98 valence electrons.